The monoisotopic (exact) mass is 424 g/mol. The van der Waals surface area contributed by atoms with E-state index in [-0.39, 0.29) is 5.97 Å². The van der Waals surface area contributed by atoms with Crippen molar-refractivity contribution in [3.63, 3.8) is 0 Å². The average Bonchev–Trinajstić information content (AvgIpc) is 2.72. The first-order chi connectivity index (χ1) is 14.4. The first-order valence-electron chi connectivity index (χ1n) is 12.0. The zero-order valence-electron chi connectivity index (χ0n) is 20.1. The Morgan fingerprint density at radius 3 is 1.27 bits per heavy atom. The van der Waals surface area contributed by atoms with Crippen molar-refractivity contribution in [3.8, 4) is 0 Å². The summed E-state index contributed by atoms with van der Waals surface area (Å²) in [5.41, 5.74) is 0.790. The van der Waals surface area contributed by atoms with Gasteiger partial charge in [-0.25, -0.2) is 9.59 Å². The molecule has 0 bridgehead atoms. The average molecular weight is 425 g/mol. The molecule has 0 saturated heterocycles. The van der Waals surface area contributed by atoms with Crippen molar-refractivity contribution in [1.29, 1.82) is 0 Å². The molecule has 0 aromatic carbocycles. The number of carboxylic acid groups (broad SMARTS) is 1. The Bertz CT molecular complexity index is 454. The molecule has 0 amide bonds. The molecule has 30 heavy (non-hydrogen) atoms. The number of carbonyl (C=O) groups excluding carboxylic acids is 1. The summed E-state index contributed by atoms with van der Waals surface area (Å²) in [6.07, 6.45) is 22.2. The molecule has 0 aromatic rings. The third-order valence-corrected chi connectivity index (χ3v) is 5.17. The van der Waals surface area contributed by atoms with Gasteiger partial charge in [0.05, 0.1) is 7.11 Å². The molecule has 0 fully saturated rings. The van der Waals surface area contributed by atoms with Crippen LogP contribution in [0.25, 0.3) is 0 Å². The number of hydrogen-bond donors (Lipinski definition) is 1. The fraction of sp³-hybridized carbons (Fsp3) is 0.769. The second kappa shape index (κ2) is 23.7. The maximum atomic E-state index is 10.6. The van der Waals surface area contributed by atoms with E-state index in [9.17, 15) is 9.59 Å². The van der Waals surface area contributed by atoms with Crippen molar-refractivity contribution in [2.24, 2.45) is 0 Å². The number of rotatable bonds is 19. The Hall–Kier alpha value is -1.58. The van der Waals surface area contributed by atoms with E-state index in [1.165, 1.54) is 97.0 Å². The Labute approximate surface area is 186 Å². The fourth-order valence-corrected chi connectivity index (χ4v) is 3.17. The zero-order valence-corrected chi connectivity index (χ0v) is 20.1. The minimum absolute atomic E-state index is 0.347. The molecular formula is C26H48O4. The van der Waals surface area contributed by atoms with Crippen LogP contribution in [0.5, 0.6) is 0 Å². The largest absolute Gasteiger partial charge is 0.478 e. The summed E-state index contributed by atoms with van der Waals surface area (Å²) in [5, 5.41) is 8.71. The lowest BCUT2D eigenvalue weighted by molar-refractivity contribution is -0.136. The molecule has 1 N–H and O–H groups in total. The molecule has 0 aliphatic rings. The number of carbonyl (C=O) groups is 2. The fourth-order valence-electron chi connectivity index (χ4n) is 3.17. The van der Waals surface area contributed by atoms with Crippen LogP contribution in [0.15, 0.2) is 24.3 Å². The number of ether oxygens (including phenoxy) is 1. The van der Waals surface area contributed by atoms with Gasteiger partial charge >= 0.3 is 11.9 Å². The van der Waals surface area contributed by atoms with Gasteiger partial charge in [0, 0.05) is 11.1 Å². The Morgan fingerprint density at radius 1 is 0.700 bits per heavy atom. The van der Waals surface area contributed by atoms with Gasteiger partial charge in [0.25, 0.3) is 0 Å². The lowest BCUT2D eigenvalue weighted by atomic mass is 10.0. The Balaban J connectivity index is 0. The molecule has 0 atom stereocenters. The van der Waals surface area contributed by atoms with Gasteiger partial charge in [0.1, 0.15) is 0 Å². The normalized spacial score (nSPS) is 10.1. The van der Waals surface area contributed by atoms with Crippen LogP contribution in [0.3, 0.4) is 0 Å². The molecule has 0 saturated carbocycles. The first kappa shape index (κ1) is 30.6. The van der Waals surface area contributed by atoms with Crippen molar-refractivity contribution >= 4 is 11.9 Å². The van der Waals surface area contributed by atoms with Gasteiger partial charge < -0.3 is 9.84 Å². The Morgan fingerprint density at radius 2 is 1.03 bits per heavy atom. The van der Waals surface area contributed by atoms with Crippen LogP contribution >= 0.6 is 0 Å². The van der Waals surface area contributed by atoms with Crippen molar-refractivity contribution in [2.75, 3.05) is 7.11 Å². The second-order valence-corrected chi connectivity index (χ2v) is 8.23. The third-order valence-electron chi connectivity index (χ3n) is 5.17. The van der Waals surface area contributed by atoms with Crippen molar-refractivity contribution in [2.45, 2.75) is 123 Å². The highest BCUT2D eigenvalue weighted by Crippen LogP contribution is 2.14. The highest BCUT2D eigenvalue weighted by atomic mass is 16.5. The maximum Gasteiger partial charge on any atom is 0.332 e. The topological polar surface area (TPSA) is 63.6 Å². The molecular weight excluding hydrogens is 376 g/mol. The van der Waals surface area contributed by atoms with Gasteiger partial charge in [-0.3, -0.25) is 0 Å². The second-order valence-electron chi connectivity index (χ2n) is 8.23. The summed E-state index contributed by atoms with van der Waals surface area (Å²) in [4.78, 5) is 20.8. The summed E-state index contributed by atoms with van der Waals surface area (Å²) in [7, 11) is 1.33. The van der Waals surface area contributed by atoms with Crippen LogP contribution in [-0.2, 0) is 14.3 Å². The van der Waals surface area contributed by atoms with Crippen LogP contribution in [0, 0.1) is 0 Å². The van der Waals surface area contributed by atoms with E-state index < -0.39 is 5.97 Å². The van der Waals surface area contributed by atoms with E-state index in [1.54, 1.807) is 6.92 Å². The predicted octanol–water partition coefficient (Wildman–Crippen LogP) is 8.01. The summed E-state index contributed by atoms with van der Waals surface area (Å²) < 4.78 is 4.27. The lowest BCUT2D eigenvalue weighted by Gasteiger charge is -2.04. The minimum atomic E-state index is -0.842. The van der Waals surface area contributed by atoms with Crippen molar-refractivity contribution in [1.82, 2.24) is 0 Å². The molecule has 0 radical (unpaired) electrons. The predicted molar refractivity (Wildman–Crippen MR) is 128 cm³/mol. The molecule has 176 valence electrons. The molecule has 0 aromatic heterocycles. The number of esters is 1. The third kappa shape index (κ3) is 24.5. The first-order valence-corrected chi connectivity index (χ1v) is 12.0. The highest BCUT2D eigenvalue weighted by Gasteiger charge is 2.02. The molecule has 4 heteroatoms. The molecule has 0 heterocycles. The van der Waals surface area contributed by atoms with E-state index in [0.717, 1.165) is 12.8 Å². The van der Waals surface area contributed by atoms with E-state index in [2.05, 4.69) is 24.8 Å². The molecule has 0 aliphatic carbocycles. The molecule has 0 unspecified atom stereocenters. The van der Waals surface area contributed by atoms with Gasteiger partial charge in [0.2, 0.25) is 0 Å². The van der Waals surface area contributed by atoms with Gasteiger partial charge in [-0.05, 0) is 19.8 Å². The van der Waals surface area contributed by atoms with Crippen LogP contribution < -0.4 is 0 Å². The lowest BCUT2D eigenvalue weighted by Crippen LogP contribution is -1.98. The van der Waals surface area contributed by atoms with Crippen molar-refractivity contribution in [3.05, 3.63) is 24.3 Å². The van der Waals surface area contributed by atoms with Gasteiger partial charge in [-0.1, -0.05) is 116 Å². The summed E-state index contributed by atoms with van der Waals surface area (Å²) in [6.45, 7) is 10.8. The van der Waals surface area contributed by atoms with Gasteiger partial charge in [0.15, 0.2) is 0 Å². The van der Waals surface area contributed by atoms with Gasteiger partial charge in [-0.2, -0.15) is 0 Å². The minimum Gasteiger partial charge on any atom is -0.478 e. The number of aliphatic carboxylic acids is 1. The SMILES string of the molecule is C=C(C)C(=O)OC.C=C(CCCCCCCCCCCCCCCCCC)C(=O)O. The van der Waals surface area contributed by atoms with E-state index in [4.69, 9.17) is 5.11 Å². The molecule has 0 rings (SSSR count). The standard InChI is InChI=1S/C21H40O2.C5H8O2/c1-3-4-5-6-7-8-9-10-11-12-13-14-15-16-17-18-19-20(2)21(22)23;1-4(2)5(6)7-3/h2-19H2,1H3,(H,22,23);1H2,2-3H3. The number of hydrogen-bond acceptors (Lipinski definition) is 3. The van der Waals surface area contributed by atoms with Crippen LogP contribution in [-0.4, -0.2) is 24.2 Å². The zero-order chi connectivity index (χ0) is 23.0. The summed E-state index contributed by atoms with van der Waals surface area (Å²) >= 11 is 0. The quantitative estimate of drug-likeness (QED) is 0.129. The number of methoxy groups -OCH3 is 1. The van der Waals surface area contributed by atoms with Crippen LogP contribution in [0.1, 0.15) is 123 Å². The van der Waals surface area contributed by atoms with E-state index in [1.807, 2.05) is 0 Å². The smallest absolute Gasteiger partial charge is 0.332 e. The van der Waals surface area contributed by atoms with Crippen LogP contribution in [0.2, 0.25) is 0 Å². The molecule has 0 aliphatic heterocycles. The molecule has 0 spiro atoms. The van der Waals surface area contributed by atoms with E-state index in [0.29, 0.717) is 17.6 Å². The van der Waals surface area contributed by atoms with Crippen molar-refractivity contribution < 1.29 is 19.4 Å². The highest BCUT2D eigenvalue weighted by molar-refractivity contribution is 5.86. The Kier molecular flexibility index (Phi) is 24.2. The number of unbranched alkanes of at least 4 members (excludes halogenated alkanes) is 15. The van der Waals surface area contributed by atoms with Gasteiger partial charge in [-0.15, -0.1) is 0 Å². The van der Waals surface area contributed by atoms with Crippen LogP contribution in [0.4, 0.5) is 0 Å². The number of carboxylic acids is 1. The molecule has 4 nitrogen and oxygen atoms in total. The maximum absolute atomic E-state index is 10.6. The summed E-state index contributed by atoms with van der Waals surface area (Å²) in [6, 6.07) is 0. The summed E-state index contributed by atoms with van der Waals surface area (Å²) in [5.74, 6) is -1.19. The van der Waals surface area contributed by atoms with E-state index >= 15 is 0 Å².